The predicted molar refractivity (Wildman–Crippen MR) is 278 cm³/mol. The molecular weight excluding hydrogens is 943 g/mol. The standard InChI is InChI=1S/2C21H30O4.2C8H17.Sn/c2*1-2-3-4-5-6-7-8-9-10-11-14-17-25-21(24)19-16-13-12-15-18(19)20(22)23;2*1-3-5-7-8-6-4-2;/h2*12-17H,2-11H2,1H3,(H,22,23);2*1,3-8H2,2H3;/q;;;;+2/p-2/b2*17-14+;;;. The van der Waals surface area contributed by atoms with Gasteiger partial charge in [0.2, 0.25) is 0 Å². The summed E-state index contributed by atoms with van der Waals surface area (Å²) in [5.74, 6) is -4.12. The second kappa shape index (κ2) is 53.6. The Balaban J connectivity index is -0.000000914. The summed E-state index contributed by atoms with van der Waals surface area (Å²) >= 11 is 0. The molecule has 0 fully saturated rings. The monoisotopic (exact) mass is 1040 g/mol. The van der Waals surface area contributed by atoms with E-state index in [-0.39, 0.29) is 46.2 Å². The van der Waals surface area contributed by atoms with Crippen LogP contribution in [0.15, 0.2) is 73.2 Å². The average Bonchev–Trinajstić information content (AvgIpc) is 3.33. The summed E-state index contributed by atoms with van der Waals surface area (Å²) in [7, 11) is 0. The molecule has 0 spiro atoms. The van der Waals surface area contributed by atoms with Crippen molar-refractivity contribution in [1.82, 2.24) is 0 Å². The van der Waals surface area contributed by atoms with Crippen molar-refractivity contribution >= 4 is 47.8 Å². The number of rotatable bonds is 36. The Morgan fingerprint density at radius 1 is 0.403 bits per heavy atom. The first-order chi connectivity index (χ1) is 32.2. The minimum absolute atomic E-state index is 0. The van der Waals surface area contributed by atoms with Gasteiger partial charge in [-0.3, -0.25) is 0 Å². The van der Waals surface area contributed by atoms with Crippen LogP contribution in [0.2, 0.25) is 0 Å². The molecule has 0 amide bonds. The van der Waals surface area contributed by atoms with Crippen molar-refractivity contribution in [2.24, 2.45) is 0 Å². The van der Waals surface area contributed by atoms with Crippen LogP contribution in [-0.4, -0.2) is 47.8 Å². The van der Waals surface area contributed by atoms with Crippen LogP contribution in [0.25, 0.3) is 0 Å². The van der Waals surface area contributed by atoms with E-state index in [4.69, 9.17) is 9.47 Å². The maximum atomic E-state index is 11.9. The van der Waals surface area contributed by atoms with Gasteiger partial charge in [0, 0.05) is 11.1 Å². The van der Waals surface area contributed by atoms with Gasteiger partial charge in [0.1, 0.15) is 0 Å². The second-order valence-corrected chi connectivity index (χ2v) is 17.0. The summed E-state index contributed by atoms with van der Waals surface area (Å²) in [6, 6.07) is 11.8. The van der Waals surface area contributed by atoms with E-state index in [0.717, 1.165) is 38.5 Å². The fourth-order valence-corrected chi connectivity index (χ4v) is 6.87. The third kappa shape index (κ3) is 43.6. The van der Waals surface area contributed by atoms with E-state index < -0.39 is 23.9 Å². The van der Waals surface area contributed by atoms with Gasteiger partial charge in [-0.25, -0.2) is 9.59 Å². The van der Waals surface area contributed by atoms with Gasteiger partial charge in [-0.1, -0.05) is 258 Å². The van der Waals surface area contributed by atoms with Gasteiger partial charge in [0.25, 0.3) is 0 Å². The van der Waals surface area contributed by atoms with Crippen LogP contribution in [0.1, 0.15) is 275 Å². The zero-order chi connectivity index (χ0) is 49.1. The number of hydrogen-bond donors (Lipinski definition) is 0. The Bertz CT molecular complexity index is 1380. The van der Waals surface area contributed by atoms with Gasteiger partial charge in [-0.05, 0) is 50.0 Å². The van der Waals surface area contributed by atoms with Crippen LogP contribution in [0, 0.1) is 13.8 Å². The number of carboxylic acids is 2. The van der Waals surface area contributed by atoms with Crippen molar-refractivity contribution in [2.75, 3.05) is 0 Å². The maximum Gasteiger partial charge on any atom is 2.00 e. The molecule has 67 heavy (non-hydrogen) atoms. The molecule has 0 saturated heterocycles. The van der Waals surface area contributed by atoms with E-state index in [9.17, 15) is 29.4 Å². The quantitative estimate of drug-likeness (QED) is 0.0285. The maximum absolute atomic E-state index is 11.9. The van der Waals surface area contributed by atoms with E-state index in [1.54, 1.807) is 36.4 Å². The molecule has 0 aliphatic rings. The Labute approximate surface area is 426 Å². The summed E-state index contributed by atoms with van der Waals surface area (Å²) < 4.78 is 9.98. The SMILES string of the molecule is CCCCCCCCCCC/C=C/OC(=O)c1ccccc1C(=O)[O-].CCCCCCCCCCC/C=C/OC(=O)c1ccccc1C(=O)[O-].[CH2]CCCCCCC.[CH2]CCCCCCC.[Sn+2]. The van der Waals surface area contributed by atoms with E-state index in [2.05, 4.69) is 41.5 Å². The molecule has 2 rings (SSSR count). The van der Waals surface area contributed by atoms with Crippen LogP contribution in [0.3, 0.4) is 0 Å². The molecule has 4 radical (unpaired) electrons. The molecular formula is C58H92O8Sn. The molecule has 0 N–H and O–H groups in total. The molecule has 9 heteroatoms. The van der Waals surface area contributed by atoms with Crippen LogP contribution in [-0.2, 0) is 9.47 Å². The van der Waals surface area contributed by atoms with Crippen LogP contribution >= 0.6 is 0 Å². The number of unbranched alkanes of at least 4 members (excludes halogenated alkanes) is 28. The van der Waals surface area contributed by atoms with Gasteiger partial charge in [0.05, 0.1) is 35.6 Å². The van der Waals surface area contributed by atoms with Crippen molar-refractivity contribution in [3.8, 4) is 0 Å². The average molecular weight is 1040 g/mol. The number of hydrogen-bond acceptors (Lipinski definition) is 8. The molecule has 0 aliphatic heterocycles. The number of allylic oxidation sites excluding steroid dienone is 2. The van der Waals surface area contributed by atoms with Gasteiger partial charge >= 0.3 is 35.8 Å². The molecule has 376 valence electrons. The molecule has 0 atom stereocenters. The van der Waals surface area contributed by atoms with Gasteiger partial charge in [0.15, 0.2) is 0 Å². The van der Waals surface area contributed by atoms with Gasteiger partial charge in [-0.15, -0.1) is 0 Å². The molecule has 0 bridgehead atoms. The topological polar surface area (TPSA) is 133 Å². The molecule has 0 saturated carbocycles. The first kappa shape index (κ1) is 67.9. The van der Waals surface area contributed by atoms with Crippen molar-refractivity contribution in [3.63, 3.8) is 0 Å². The van der Waals surface area contributed by atoms with Crippen molar-refractivity contribution < 1.29 is 38.9 Å². The Morgan fingerprint density at radius 2 is 0.642 bits per heavy atom. The van der Waals surface area contributed by atoms with E-state index in [0.29, 0.717) is 0 Å². The first-order valence-electron chi connectivity index (χ1n) is 26.1. The van der Waals surface area contributed by atoms with Crippen LogP contribution < -0.4 is 10.2 Å². The van der Waals surface area contributed by atoms with Crippen LogP contribution in [0.5, 0.6) is 0 Å². The number of benzene rings is 2. The number of carboxylic acid groups (broad SMARTS) is 2. The third-order valence-corrected chi connectivity index (χ3v) is 10.9. The number of esters is 2. The Hall–Kier alpha value is -3.40. The third-order valence-electron chi connectivity index (χ3n) is 10.9. The van der Waals surface area contributed by atoms with E-state index >= 15 is 0 Å². The first-order valence-corrected chi connectivity index (χ1v) is 26.1. The largest absolute Gasteiger partial charge is 2.00 e. The number of carbonyl (C=O) groups excluding carboxylic acids is 4. The van der Waals surface area contributed by atoms with Gasteiger partial charge < -0.3 is 29.3 Å². The second-order valence-electron chi connectivity index (χ2n) is 17.0. The summed E-state index contributed by atoms with van der Waals surface area (Å²) in [5, 5.41) is 21.9. The molecule has 8 nitrogen and oxygen atoms in total. The zero-order valence-electron chi connectivity index (χ0n) is 42.7. The molecule has 2 aromatic carbocycles. The smallest absolute Gasteiger partial charge is 0.545 e. The molecule has 0 heterocycles. The number of ether oxygens (including phenoxy) is 2. The van der Waals surface area contributed by atoms with E-state index in [1.807, 2.05) is 0 Å². The fraction of sp³-hybridized carbons (Fsp3) is 0.621. The van der Waals surface area contributed by atoms with Gasteiger partial charge in [-0.2, -0.15) is 0 Å². The molecule has 0 aliphatic carbocycles. The fourth-order valence-electron chi connectivity index (χ4n) is 6.87. The van der Waals surface area contributed by atoms with Crippen LogP contribution in [0.4, 0.5) is 0 Å². The van der Waals surface area contributed by atoms with Crippen molar-refractivity contribution in [3.05, 3.63) is 109 Å². The van der Waals surface area contributed by atoms with Crippen molar-refractivity contribution in [2.45, 2.75) is 233 Å². The minimum atomic E-state index is -1.38. The molecule has 0 unspecified atom stereocenters. The summed E-state index contributed by atoms with van der Waals surface area (Å²) in [4.78, 5) is 45.7. The summed E-state index contributed by atoms with van der Waals surface area (Å²) in [6.07, 6.45) is 46.9. The number of carbonyl (C=O) groups is 4. The summed E-state index contributed by atoms with van der Waals surface area (Å²) in [6.45, 7) is 16.5. The summed E-state index contributed by atoms with van der Waals surface area (Å²) in [5.41, 5.74) is -0.287. The minimum Gasteiger partial charge on any atom is -0.545 e. The molecule has 0 aromatic heterocycles. The van der Waals surface area contributed by atoms with E-state index in [1.165, 1.54) is 204 Å². The Morgan fingerprint density at radius 3 is 0.896 bits per heavy atom. The Kier molecular flexibility index (Phi) is 54.2. The normalized spacial score (nSPS) is 10.5. The predicted octanol–water partition coefficient (Wildman–Crippen LogP) is 15.3. The van der Waals surface area contributed by atoms with Crippen molar-refractivity contribution in [1.29, 1.82) is 0 Å². The zero-order valence-corrected chi connectivity index (χ0v) is 45.6. The number of aromatic carboxylic acids is 2. The molecule has 2 aromatic rings.